The minimum Gasteiger partial charge on any atom is -0.325 e. The average Bonchev–Trinajstić information content (AvgIpc) is 2.92. The van der Waals surface area contributed by atoms with Gasteiger partial charge in [-0.3, -0.25) is 0 Å². The number of rotatable bonds is 4. The first kappa shape index (κ1) is 16.6. The van der Waals surface area contributed by atoms with Crippen molar-refractivity contribution in [2.75, 3.05) is 13.1 Å². The van der Waals surface area contributed by atoms with Crippen molar-refractivity contribution in [2.45, 2.75) is 15.3 Å². The van der Waals surface area contributed by atoms with Gasteiger partial charge in [-0.1, -0.05) is 0 Å². The highest BCUT2D eigenvalue weighted by Crippen LogP contribution is 2.28. The molecule has 0 unspecified atom stereocenters. The van der Waals surface area contributed by atoms with Gasteiger partial charge in [-0.15, -0.1) is 0 Å². The summed E-state index contributed by atoms with van der Waals surface area (Å²) >= 11 is 0. The van der Waals surface area contributed by atoms with Gasteiger partial charge in [0, 0.05) is 32.5 Å². The summed E-state index contributed by atoms with van der Waals surface area (Å²) in [5.41, 5.74) is 0.354. The van der Waals surface area contributed by atoms with E-state index in [1.807, 2.05) is 6.07 Å². The third kappa shape index (κ3) is 2.60. The molecule has 0 atom stereocenters. The van der Waals surface area contributed by atoms with Crippen LogP contribution in [0.3, 0.4) is 0 Å². The van der Waals surface area contributed by atoms with Crippen molar-refractivity contribution in [3.05, 3.63) is 42.2 Å². The molecule has 2 heterocycles. The van der Waals surface area contributed by atoms with Gasteiger partial charge in [0.05, 0.1) is 21.8 Å². The molecule has 1 aromatic carbocycles. The van der Waals surface area contributed by atoms with Crippen LogP contribution in [-0.2, 0) is 26.9 Å². The fourth-order valence-corrected chi connectivity index (χ4v) is 5.86. The van der Waals surface area contributed by atoms with Gasteiger partial charge in [0.1, 0.15) is 0 Å². The first-order chi connectivity index (χ1) is 11.3. The van der Waals surface area contributed by atoms with Gasteiger partial charge in [0.2, 0.25) is 25.0 Å². The second-order valence-corrected chi connectivity index (χ2v) is 9.51. The molecule has 0 amide bonds. The Morgan fingerprint density at radius 1 is 1.17 bits per heavy atom. The number of aryl methyl sites for hydroxylation is 1. The molecule has 1 fully saturated rings. The molecule has 2 aromatic rings. The fourth-order valence-electron chi connectivity index (χ4n) is 2.42. The van der Waals surface area contributed by atoms with Crippen LogP contribution in [0.15, 0.2) is 46.7 Å². The zero-order valence-corrected chi connectivity index (χ0v) is 14.3. The van der Waals surface area contributed by atoms with Crippen LogP contribution in [0, 0.1) is 11.3 Å². The summed E-state index contributed by atoms with van der Waals surface area (Å²) in [6, 6.07) is 7.42. The molecule has 126 valence electrons. The number of imidazole rings is 1. The molecule has 0 aliphatic carbocycles. The Morgan fingerprint density at radius 3 is 2.29 bits per heavy atom. The largest absolute Gasteiger partial charge is 0.325 e. The van der Waals surface area contributed by atoms with Crippen LogP contribution in [0.1, 0.15) is 5.56 Å². The first-order valence-electron chi connectivity index (χ1n) is 6.98. The molecule has 3 rings (SSSR count). The molecular weight excluding hydrogens is 352 g/mol. The second kappa shape index (κ2) is 5.70. The topological polar surface area (TPSA) is 113 Å². The van der Waals surface area contributed by atoms with Gasteiger partial charge in [-0.2, -0.15) is 9.57 Å². The highest BCUT2D eigenvalue weighted by atomic mass is 32.2. The molecule has 1 aliphatic rings. The van der Waals surface area contributed by atoms with Crippen LogP contribution in [-0.4, -0.2) is 49.0 Å². The monoisotopic (exact) mass is 366 g/mol. The summed E-state index contributed by atoms with van der Waals surface area (Å²) in [7, 11) is -5.87. The normalized spacial score (nSPS) is 16.5. The maximum atomic E-state index is 12.5. The van der Waals surface area contributed by atoms with E-state index in [0.717, 1.165) is 4.31 Å². The van der Waals surface area contributed by atoms with Crippen LogP contribution in [0.2, 0.25) is 0 Å². The van der Waals surface area contributed by atoms with E-state index >= 15 is 0 Å². The van der Waals surface area contributed by atoms with Gasteiger partial charge in [-0.25, -0.2) is 21.8 Å². The lowest BCUT2D eigenvalue weighted by molar-refractivity contribution is 0.308. The van der Waals surface area contributed by atoms with E-state index in [1.165, 1.54) is 41.2 Å². The molecule has 10 heteroatoms. The van der Waals surface area contributed by atoms with E-state index in [4.69, 9.17) is 5.26 Å². The quantitative estimate of drug-likeness (QED) is 0.760. The number of hydrogen-bond donors (Lipinski definition) is 0. The summed E-state index contributed by atoms with van der Waals surface area (Å²) < 4.78 is 52.3. The number of hydrogen-bond acceptors (Lipinski definition) is 6. The summed E-state index contributed by atoms with van der Waals surface area (Å²) in [5.74, 6) is 0. The fraction of sp³-hybridized carbons (Fsp3) is 0.286. The van der Waals surface area contributed by atoms with Crippen molar-refractivity contribution in [3.8, 4) is 6.07 Å². The maximum absolute atomic E-state index is 12.5. The van der Waals surface area contributed by atoms with Crippen LogP contribution in [0.4, 0.5) is 0 Å². The number of aromatic nitrogens is 2. The summed E-state index contributed by atoms with van der Waals surface area (Å²) in [4.78, 5) is 3.87. The van der Waals surface area contributed by atoms with E-state index in [1.54, 1.807) is 7.05 Å². The lowest BCUT2D eigenvalue weighted by Crippen LogP contribution is -2.56. The molecular formula is C14H14N4O4S2. The smallest absolute Gasteiger partial charge is 0.243 e. The molecule has 1 aliphatic heterocycles. The Kier molecular flexibility index (Phi) is 3.95. The number of nitriles is 1. The SMILES string of the molecule is Cn1ccnc1S(=O)(=O)C1CN(S(=O)(=O)c2ccc(C#N)cc2)C1. The lowest BCUT2D eigenvalue weighted by Gasteiger charge is -2.37. The highest BCUT2D eigenvalue weighted by molar-refractivity contribution is 7.92. The van der Waals surface area contributed by atoms with Crippen LogP contribution < -0.4 is 0 Å². The van der Waals surface area contributed by atoms with Crippen molar-refractivity contribution < 1.29 is 16.8 Å². The Balaban J connectivity index is 1.78. The molecule has 0 bridgehead atoms. The molecule has 1 aromatic heterocycles. The van der Waals surface area contributed by atoms with Gasteiger partial charge >= 0.3 is 0 Å². The molecule has 8 nitrogen and oxygen atoms in total. The van der Waals surface area contributed by atoms with E-state index < -0.39 is 25.1 Å². The van der Waals surface area contributed by atoms with E-state index in [0.29, 0.717) is 5.56 Å². The number of sulfone groups is 1. The summed E-state index contributed by atoms with van der Waals surface area (Å²) in [5, 5.41) is 7.87. The Hall–Kier alpha value is -2.22. The zero-order valence-electron chi connectivity index (χ0n) is 12.7. The molecule has 0 radical (unpaired) electrons. The van der Waals surface area contributed by atoms with Gasteiger partial charge in [0.15, 0.2) is 0 Å². The first-order valence-corrected chi connectivity index (χ1v) is 9.97. The third-order valence-corrected chi connectivity index (χ3v) is 7.83. The number of sulfonamides is 1. The Morgan fingerprint density at radius 2 is 1.79 bits per heavy atom. The minimum absolute atomic E-state index is 0.0364. The number of benzene rings is 1. The minimum atomic E-state index is -3.77. The van der Waals surface area contributed by atoms with Crippen molar-refractivity contribution in [3.63, 3.8) is 0 Å². The third-order valence-electron chi connectivity index (χ3n) is 3.91. The van der Waals surface area contributed by atoms with Gasteiger partial charge in [-0.05, 0) is 24.3 Å². The average molecular weight is 366 g/mol. The predicted molar refractivity (Wildman–Crippen MR) is 84.1 cm³/mol. The van der Waals surface area contributed by atoms with Crippen molar-refractivity contribution >= 4 is 19.9 Å². The molecule has 1 saturated heterocycles. The molecule has 0 saturated carbocycles. The predicted octanol–water partition coefficient (Wildman–Crippen LogP) is 0.139. The highest BCUT2D eigenvalue weighted by Gasteiger charge is 2.45. The van der Waals surface area contributed by atoms with Crippen molar-refractivity contribution in [1.29, 1.82) is 5.26 Å². The van der Waals surface area contributed by atoms with E-state index in [2.05, 4.69) is 4.98 Å². The van der Waals surface area contributed by atoms with Crippen LogP contribution in [0.25, 0.3) is 0 Å². The standard InChI is InChI=1S/C14H14N4O4S2/c1-17-7-6-16-14(17)23(19,20)13-9-18(10-13)24(21,22)12-4-2-11(8-15)3-5-12/h2-7,13H,9-10H2,1H3. The van der Waals surface area contributed by atoms with E-state index in [-0.39, 0.29) is 23.1 Å². The lowest BCUT2D eigenvalue weighted by atomic mass is 10.2. The zero-order chi connectivity index (χ0) is 17.5. The van der Waals surface area contributed by atoms with Gasteiger partial charge < -0.3 is 4.57 Å². The molecule has 0 N–H and O–H groups in total. The maximum Gasteiger partial charge on any atom is 0.243 e. The van der Waals surface area contributed by atoms with Crippen LogP contribution >= 0.6 is 0 Å². The Labute approximate surface area is 139 Å². The van der Waals surface area contributed by atoms with Crippen molar-refractivity contribution in [1.82, 2.24) is 13.9 Å². The molecule has 0 spiro atoms. The Bertz CT molecular complexity index is 1010. The number of nitrogens with zero attached hydrogens (tertiary/aromatic N) is 4. The summed E-state index contributed by atoms with van der Waals surface area (Å²) in [6.45, 7) is -0.227. The second-order valence-electron chi connectivity index (χ2n) is 5.45. The van der Waals surface area contributed by atoms with E-state index in [9.17, 15) is 16.8 Å². The van der Waals surface area contributed by atoms with Crippen molar-refractivity contribution in [2.24, 2.45) is 7.05 Å². The summed E-state index contributed by atoms with van der Waals surface area (Å²) in [6.07, 6.45) is 2.91. The molecule has 24 heavy (non-hydrogen) atoms. The van der Waals surface area contributed by atoms with Crippen LogP contribution in [0.5, 0.6) is 0 Å². The van der Waals surface area contributed by atoms with Gasteiger partial charge in [0.25, 0.3) is 0 Å².